The number of hydrogen-bond acceptors (Lipinski definition) is 4. The Hall–Kier alpha value is -1.20. The minimum Gasteiger partial charge on any atom is -0.311 e. The second kappa shape index (κ2) is 4.55. The van der Waals surface area contributed by atoms with E-state index in [0.717, 1.165) is 17.1 Å². The molecule has 0 spiro atoms. The maximum absolute atomic E-state index is 4.39. The Balaban J connectivity index is 2.11. The third kappa shape index (κ3) is 2.43. The van der Waals surface area contributed by atoms with E-state index < -0.39 is 0 Å². The number of aromatic nitrogens is 3. The van der Waals surface area contributed by atoms with E-state index >= 15 is 0 Å². The molecule has 15 heavy (non-hydrogen) atoms. The van der Waals surface area contributed by atoms with Crippen LogP contribution in [-0.2, 0) is 13.5 Å². The normalized spacial score (nSPS) is 12.9. The maximum atomic E-state index is 4.39. The highest BCUT2D eigenvalue weighted by Gasteiger charge is 2.13. The molecule has 0 bridgehead atoms. The van der Waals surface area contributed by atoms with Crippen molar-refractivity contribution < 1.29 is 0 Å². The van der Waals surface area contributed by atoms with E-state index in [4.69, 9.17) is 0 Å². The van der Waals surface area contributed by atoms with Gasteiger partial charge in [-0.05, 0) is 13.1 Å². The molecular formula is C10H14N4S. The van der Waals surface area contributed by atoms with Gasteiger partial charge in [-0.15, -0.1) is 11.3 Å². The summed E-state index contributed by atoms with van der Waals surface area (Å²) in [4.78, 5) is 4.28. The topological polar surface area (TPSA) is 42.7 Å². The van der Waals surface area contributed by atoms with E-state index in [1.165, 1.54) is 0 Å². The average Bonchev–Trinajstić information content (AvgIpc) is 2.85. The molecule has 2 rings (SSSR count). The Bertz CT molecular complexity index is 407. The molecule has 1 N–H and O–H groups in total. The number of nitrogens with zero attached hydrogens (tertiary/aromatic N) is 3. The van der Waals surface area contributed by atoms with E-state index in [2.05, 4.69) is 15.4 Å². The number of aryl methyl sites for hydroxylation is 1. The van der Waals surface area contributed by atoms with Crippen LogP contribution in [0.1, 0.15) is 16.7 Å². The SMILES string of the molecule is CNC(Cc1nccs1)c1ccn(C)n1. The van der Waals surface area contributed by atoms with Gasteiger partial charge in [-0.1, -0.05) is 0 Å². The fourth-order valence-electron chi connectivity index (χ4n) is 1.50. The third-order valence-electron chi connectivity index (χ3n) is 2.30. The lowest BCUT2D eigenvalue weighted by Crippen LogP contribution is -2.19. The molecule has 1 atom stereocenters. The predicted molar refractivity (Wildman–Crippen MR) is 60.8 cm³/mol. The molecule has 0 aliphatic heterocycles. The molecule has 1 unspecified atom stereocenters. The molecule has 2 aromatic rings. The quantitative estimate of drug-likeness (QED) is 0.850. The van der Waals surface area contributed by atoms with Crippen LogP contribution in [0.3, 0.4) is 0 Å². The summed E-state index contributed by atoms with van der Waals surface area (Å²) in [6.45, 7) is 0. The first-order valence-electron chi connectivity index (χ1n) is 4.85. The van der Waals surface area contributed by atoms with Crippen LogP contribution in [0.15, 0.2) is 23.8 Å². The van der Waals surface area contributed by atoms with Crippen LogP contribution in [0.25, 0.3) is 0 Å². The highest BCUT2D eigenvalue weighted by Crippen LogP contribution is 2.17. The van der Waals surface area contributed by atoms with E-state index in [1.54, 1.807) is 11.3 Å². The van der Waals surface area contributed by atoms with E-state index in [0.29, 0.717) is 0 Å². The van der Waals surface area contributed by atoms with Gasteiger partial charge in [0, 0.05) is 31.2 Å². The molecule has 0 saturated carbocycles. The van der Waals surface area contributed by atoms with Gasteiger partial charge in [0.2, 0.25) is 0 Å². The van der Waals surface area contributed by atoms with Crippen LogP contribution >= 0.6 is 11.3 Å². The lowest BCUT2D eigenvalue weighted by Gasteiger charge is -2.11. The maximum Gasteiger partial charge on any atom is 0.0944 e. The first kappa shape index (κ1) is 10.3. The molecular weight excluding hydrogens is 208 g/mol. The number of hydrogen-bond donors (Lipinski definition) is 1. The molecule has 0 radical (unpaired) electrons. The van der Waals surface area contributed by atoms with Crippen LogP contribution in [0, 0.1) is 0 Å². The van der Waals surface area contributed by atoms with Gasteiger partial charge < -0.3 is 5.32 Å². The zero-order chi connectivity index (χ0) is 10.7. The van der Waals surface area contributed by atoms with Crippen molar-refractivity contribution in [2.24, 2.45) is 7.05 Å². The fourth-order valence-corrected chi connectivity index (χ4v) is 2.17. The number of likely N-dealkylation sites (N-methyl/N-ethyl adjacent to an activating group) is 1. The summed E-state index contributed by atoms with van der Waals surface area (Å²) < 4.78 is 1.82. The summed E-state index contributed by atoms with van der Waals surface area (Å²) in [7, 11) is 3.88. The minimum absolute atomic E-state index is 0.248. The highest BCUT2D eigenvalue weighted by atomic mass is 32.1. The van der Waals surface area contributed by atoms with Gasteiger partial charge in [0.25, 0.3) is 0 Å². The largest absolute Gasteiger partial charge is 0.311 e. The summed E-state index contributed by atoms with van der Waals surface area (Å²) in [6, 6.07) is 2.28. The van der Waals surface area contributed by atoms with Gasteiger partial charge in [-0.2, -0.15) is 5.10 Å². The Morgan fingerprint density at radius 1 is 1.60 bits per heavy atom. The highest BCUT2D eigenvalue weighted by molar-refractivity contribution is 7.09. The Morgan fingerprint density at radius 3 is 3.00 bits per heavy atom. The Labute approximate surface area is 93.0 Å². The van der Waals surface area contributed by atoms with Crippen molar-refractivity contribution in [3.8, 4) is 0 Å². The van der Waals surface area contributed by atoms with E-state index in [-0.39, 0.29) is 6.04 Å². The van der Waals surface area contributed by atoms with Crippen LogP contribution in [0.2, 0.25) is 0 Å². The molecule has 0 aromatic carbocycles. The number of thiazole rings is 1. The second-order valence-electron chi connectivity index (χ2n) is 3.39. The molecule has 0 aliphatic rings. The minimum atomic E-state index is 0.248. The second-order valence-corrected chi connectivity index (χ2v) is 4.36. The van der Waals surface area contributed by atoms with Crippen molar-refractivity contribution >= 4 is 11.3 Å². The molecule has 2 heterocycles. The van der Waals surface area contributed by atoms with Gasteiger partial charge in [-0.3, -0.25) is 4.68 Å². The van der Waals surface area contributed by atoms with E-state index in [1.807, 2.05) is 42.6 Å². The molecule has 4 nitrogen and oxygen atoms in total. The van der Waals surface area contributed by atoms with Gasteiger partial charge in [-0.25, -0.2) is 4.98 Å². The van der Waals surface area contributed by atoms with Gasteiger partial charge in [0.1, 0.15) is 0 Å². The summed E-state index contributed by atoms with van der Waals surface area (Å²) in [6.07, 6.45) is 4.69. The molecule has 0 saturated heterocycles. The van der Waals surface area contributed by atoms with Crippen LogP contribution in [-0.4, -0.2) is 21.8 Å². The summed E-state index contributed by atoms with van der Waals surface area (Å²) in [5.41, 5.74) is 1.07. The third-order valence-corrected chi connectivity index (χ3v) is 3.10. The molecule has 0 fully saturated rings. The molecule has 80 valence electrons. The first-order chi connectivity index (χ1) is 7.29. The lowest BCUT2D eigenvalue weighted by molar-refractivity contribution is 0.561. The van der Waals surface area contributed by atoms with Crippen molar-refractivity contribution in [2.45, 2.75) is 12.5 Å². The smallest absolute Gasteiger partial charge is 0.0944 e. The number of rotatable bonds is 4. The first-order valence-corrected chi connectivity index (χ1v) is 5.72. The van der Waals surface area contributed by atoms with Crippen molar-refractivity contribution in [1.29, 1.82) is 0 Å². The standard InChI is InChI=1S/C10H14N4S/c1-11-9(7-10-12-4-6-15-10)8-3-5-14(2)13-8/h3-6,9,11H,7H2,1-2H3. The van der Waals surface area contributed by atoms with Gasteiger partial charge in [0.05, 0.1) is 16.7 Å². The summed E-state index contributed by atoms with van der Waals surface area (Å²) >= 11 is 1.68. The monoisotopic (exact) mass is 222 g/mol. The summed E-state index contributed by atoms with van der Waals surface area (Å²) in [5.74, 6) is 0. The van der Waals surface area contributed by atoms with Crippen LogP contribution < -0.4 is 5.32 Å². The average molecular weight is 222 g/mol. The zero-order valence-corrected chi connectivity index (χ0v) is 9.66. The lowest BCUT2D eigenvalue weighted by atomic mass is 10.1. The van der Waals surface area contributed by atoms with Crippen LogP contribution in [0.4, 0.5) is 0 Å². The predicted octanol–water partition coefficient (Wildman–Crippen LogP) is 1.38. The van der Waals surface area contributed by atoms with Gasteiger partial charge in [0.15, 0.2) is 0 Å². The summed E-state index contributed by atoms with van der Waals surface area (Å²) in [5, 5.41) is 10.8. The molecule has 2 aromatic heterocycles. The van der Waals surface area contributed by atoms with Crippen molar-refractivity contribution in [2.75, 3.05) is 7.05 Å². The Kier molecular flexibility index (Phi) is 3.13. The molecule has 5 heteroatoms. The van der Waals surface area contributed by atoms with Crippen molar-refractivity contribution in [3.63, 3.8) is 0 Å². The fraction of sp³-hybridized carbons (Fsp3) is 0.400. The van der Waals surface area contributed by atoms with Crippen molar-refractivity contribution in [3.05, 3.63) is 34.5 Å². The van der Waals surface area contributed by atoms with Crippen molar-refractivity contribution in [1.82, 2.24) is 20.1 Å². The zero-order valence-electron chi connectivity index (χ0n) is 8.84. The molecule has 0 amide bonds. The van der Waals surface area contributed by atoms with Crippen LogP contribution in [0.5, 0.6) is 0 Å². The van der Waals surface area contributed by atoms with E-state index in [9.17, 15) is 0 Å². The van der Waals surface area contributed by atoms with Gasteiger partial charge >= 0.3 is 0 Å². The number of nitrogens with one attached hydrogen (secondary N) is 1. The Morgan fingerprint density at radius 2 is 2.47 bits per heavy atom. The molecule has 0 aliphatic carbocycles.